The van der Waals surface area contributed by atoms with E-state index in [-0.39, 0.29) is 0 Å². The van der Waals surface area contributed by atoms with E-state index in [0.29, 0.717) is 28.1 Å². The summed E-state index contributed by atoms with van der Waals surface area (Å²) in [5.74, 6) is 0. The Kier molecular flexibility index (Phi) is 3.58. The first-order chi connectivity index (χ1) is 11.0. The number of H-pyrrole nitrogens is 1. The Hall–Kier alpha value is -3.14. The van der Waals surface area contributed by atoms with Gasteiger partial charge in [0.05, 0.1) is 17.2 Å². The van der Waals surface area contributed by atoms with Crippen molar-refractivity contribution in [2.24, 2.45) is 0 Å². The third kappa shape index (κ3) is 2.79. The standard InChI is InChI=1S/C16H9F3N4/c17-16(18,19)12-7-5-10(6-8-12)14-15(22-23-21-14)13-4-2-1-3-11(13)9-20/h1-8H,(H,21,22,23). The number of rotatable bonds is 2. The van der Waals surface area contributed by atoms with Crippen molar-refractivity contribution in [2.75, 3.05) is 0 Å². The summed E-state index contributed by atoms with van der Waals surface area (Å²) in [6.45, 7) is 0. The molecule has 0 bridgehead atoms. The van der Waals surface area contributed by atoms with Gasteiger partial charge >= 0.3 is 6.18 Å². The fourth-order valence-corrected chi connectivity index (χ4v) is 2.22. The van der Waals surface area contributed by atoms with E-state index in [1.165, 1.54) is 12.1 Å². The highest BCUT2D eigenvalue weighted by Gasteiger charge is 2.30. The molecular formula is C16H9F3N4. The van der Waals surface area contributed by atoms with Gasteiger partial charge in [-0.25, -0.2) is 0 Å². The summed E-state index contributed by atoms with van der Waals surface area (Å²) >= 11 is 0. The Morgan fingerprint density at radius 3 is 2.22 bits per heavy atom. The summed E-state index contributed by atoms with van der Waals surface area (Å²) in [6, 6.07) is 13.5. The summed E-state index contributed by atoms with van der Waals surface area (Å²) in [5.41, 5.74) is 1.54. The van der Waals surface area contributed by atoms with Gasteiger partial charge in [0, 0.05) is 11.1 Å². The highest BCUT2D eigenvalue weighted by molar-refractivity contribution is 5.80. The molecule has 0 fully saturated rings. The lowest BCUT2D eigenvalue weighted by Gasteiger charge is -2.07. The van der Waals surface area contributed by atoms with Crippen molar-refractivity contribution < 1.29 is 13.2 Å². The molecule has 0 unspecified atom stereocenters. The first kappa shape index (κ1) is 14.8. The monoisotopic (exact) mass is 314 g/mol. The van der Waals surface area contributed by atoms with Gasteiger partial charge < -0.3 is 0 Å². The summed E-state index contributed by atoms with van der Waals surface area (Å²) < 4.78 is 37.9. The molecule has 1 aromatic heterocycles. The van der Waals surface area contributed by atoms with Crippen LogP contribution in [0.15, 0.2) is 48.5 Å². The maximum atomic E-state index is 12.6. The van der Waals surface area contributed by atoms with Crippen molar-refractivity contribution in [1.29, 1.82) is 5.26 Å². The minimum absolute atomic E-state index is 0.390. The SMILES string of the molecule is N#Cc1ccccc1-c1n[nH]nc1-c1ccc(C(F)(F)F)cc1. The molecule has 3 aromatic rings. The zero-order valence-corrected chi connectivity index (χ0v) is 11.6. The van der Waals surface area contributed by atoms with E-state index in [2.05, 4.69) is 21.5 Å². The Morgan fingerprint density at radius 2 is 1.57 bits per heavy atom. The molecule has 1 heterocycles. The van der Waals surface area contributed by atoms with E-state index in [1.54, 1.807) is 24.3 Å². The molecule has 2 aromatic carbocycles. The Morgan fingerprint density at radius 1 is 0.913 bits per heavy atom. The van der Waals surface area contributed by atoms with E-state index in [9.17, 15) is 18.4 Å². The second kappa shape index (κ2) is 5.57. The highest BCUT2D eigenvalue weighted by Crippen LogP contribution is 2.33. The summed E-state index contributed by atoms with van der Waals surface area (Å²) in [7, 11) is 0. The van der Waals surface area contributed by atoms with Gasteiger partial charge in [-0.2, -0.15) is 33.8 Å². The summed E-state index contributed by atoms with van der Waals surface area (Å²) in [4.78, 5) is 0. The first-order valence-electron chi connectivity index (χ1n) is 6.58. The maximum absolute atomic E-state index is 12.6. The topological polar surface area (TPSA) is 65.4 Å². The fourth-order valence-electron chi connectivity index (χ4n) is 2.22. The molecule has 0 atom stereocenters. The van der Waals surface area contributed by atoms with Crippen molar-refractivity contribution in [2.45, 2.75) is 6.18 Å². The molecule has 0 saturated carbocycles. The van der Waals surface area contributed by atoms with E-state index in [0.717, 1.165) is 12.1 Å². The van der Waals surface area contributed by atoms with Crippen molar-refractivity contribution in [1.82, 2.24) is 15.4 Å². The number of aromatic amines is 1. The normalized spacial score (nSPS) is 11.2. The predicted octanol–water partition coefficient (Wildman–Crippen LogP) is 4.03. The minimum atomic E-state index is -4.39. The third-order valence-electron chi connectivity index (χ3n) is 3.34. The number of hydrogen-bond donors (Lipinski definition) is 1. The van der Waals surface area contributed by atoms with Crippen molar-refractivity contribution in [3.8, 4) is 28.6 Å². The second-order valence-corrected chi connectivity index (χ2v) is 4.75. The molecule has 0 aliphatic heterocycles. The molecule has 0 amide bonds. The van der Waals surface area contributed by atoms with Gasteiger partial charge in [0.25, 0.3) is 0 Å². The van der Waals surface area contributed by atoms with Gasteiger partial charge in [-0.3, -0.25) is 0 Å². The van der Waals surface area contributed by atoms with Crippen LogP contribution in [0.4, 0.5) is 13.2 Å². The largest absolute Gasteiger partial charge is 0.416 e. The lowest BCUT2D eigenvalue weighted by atomic mass is 10.0. The molecular weight excluding hydrogens is 305 g/mol. The average Bonchev–Trinajstić information content (AvgIpc) is 3.03. The maximum Gasteiger partial charge on any atom is 0.416 e. The van der Waals surface area contributed by atoms with Gasteiger partial charge in [-0.15, -0.1) is 0 Å². The second-order valence-electron chi connectivity index (χ2n) is 4.75. The minimum Gasteiger partial charge on any atom is -0.197 e. The predicted molar refractivity (Wildman–Crippen MR) is 77.0 cm³/mol. The lowest BCUT2D eigenvalue weighted by Crippen LogP contribution is -2.04. The van der Waals surface area contributed by atoms with Crippen LogP contribution in [0, 0.1) is 11.3 Å². The average molecular weight is 314 g/mol. The molecule has 7 heteroatoms. The Bertz CT molecular complexity index is 873. The van der Waals surface area contributed by atoms with Gasteiger partial charge in [0.1, 0.15) is 11.4 Å². The quantitative estimate of drug-likeness (QED) is 0.776. The van der Waals surface area contributed by atoms with E-state index < -0.39 is 11.7 Å². The molecule has 23 heavy (non-hydrogen) atoms. The van der Waals surface area contributed by atoms with Crippen molar-refractivity contribution in [3.63, 3.8) is 0 Å². The zero-order valence-electron chi connectivity index (χ0n) is 11.6. The van der Waals surface area contributed by atoms with Gasteiger partial charge in [0.15, 0.2) is 0 Å². The number of hydrogen-bond acceptors (Lipinski definition) is 3. The molecule has 1 N–H and O–H groups in total. The molecule has 0 spiro atoms. The van der Waals surface area contributed by atoms with Crippen molar-refractivity contribution >= 4 is 0 Å². The molecule has 0 aliphatic carbocycles. The Labute approximate surface area is 129 Å². The number of aromatic nitrogens is 3. The fraction of sp³-hybridized carbons (Fsp3) is 0.0625. The number of halogens is 3. The van der Waals surface area contributed by atoms with E-state index in [1.807, 2.05) is 0 Å². The zero-order chi connectivity index (χ0) is 16.4. The van der Waals surface area contributed by atoms with Crippen LogP contribution < -0.4 is 0 Å². The molecule has 114 valence electrons. The number of alkyl halides is 3. The first-order valence-corrected chi connectivity index (χ1v) is 6.58. The van der Waals surface area contributed by atoms with Crippen LogP contribution in [0.5, 0.6) is 0 Å². The van der Waals surface area contributed by atoms with Crippen molar-refractivity contribution in [3.05, 3.63) is 59.7 Å². The lowest BCUT2D eigenvalue weighted by molar-refractivity contribution is -0.137. The van der Waals surface area contributed by atoms with Crippen LogP contribution in [0.25, 0.3) is 22.5 Å². The molecule has 4 nitrogen and oxygen atoms in total. The van der Waals surface area contributed by atoms with Gasteiger partial charge in [-0.1, -0.05) is 30.3 Å². The molecule has 3 rings (SSSR count). The van der Waals surface area contributed by atoms with Gasteiger partial charge in [0.2, 0.25) is 0 Å². The summed E-state index contributed by atoms with van der Waals surface area (Å²) in [6.07, 6.45) is -4.39. The smallest absolute Gasteiger partial charge is 0.197 e. The van der Waals surface area contributed by atoms with E-state index >= 15 is 0 Å². The van der Waals surface area contributed by atoms with Gasteiger partial charge in [-0.05, 0) is 18.2 Å². The number of nitrogens with zero attached hydrogens (tertiary/aromatic N) is 3. The van der Waals surface area contributed by atoms with Crippen LogP contribution in [0.2, 0.25) is 0 Å². The number of nitrogens with one attached hydrogen (secondary N) is 1. The van der Waals surface area contributed by atoms with E-state index in [4.69, 9.17) is 0 Å². The Balaban J connectivity index is 2.07. The molecule has 0 aliphatic rings. The van der Waals surface area contributed by atoms with Crippen LogP contribution in [0.1, 0.15) is 11.1 Å². The molecule has 0 saturated heterocycles. The van der Waals surface area contributed by atoms with Crippen LogP contribution in [0.3, 0.4) is 0 Å². The number of benzene rings is 2. The van der Waals surface area contributed by atoms with Crippen LogP contribution >= 0.6 is 0 Å². The highest BCUT2D eigenvalue weighted by atomic mass is 19.4. The number of nitriles is 1. The van der Waals surface area contributed by atoms with Crippen LogP contribution in [-0.4, -0.2) is 15.4 Å². The van der Waals surface area contributed by atoms with Crippen LogP contribution in [-0.2, 0) is 6.18 Å². The summed E-state index contributed by atoms with van der Waals surface area (Å²) in [5, 5.41) is 19.7. The molecule has 0 radical (unpaired) electrons. The third-order valence-corrected chi connectivity index (χ3v) is 3.34.